The van der Waals surface area contributed by atoms with Gasteiger partial charge in [-0.25, -0.2) is 4.79 Å². The molecular weight excluding hydrogens is 342 g/mol. The molecule has 2 aromatic carbocycles. The highest BCUT2D eigenvalue weighted by atomic mass is 79.9. The molecule has 0 spiro atoms. The Labute approximate surface area is 139 Å². The molecule has 0 bridgehead atoms. The summed E-state index contributed by atoms with van der Waals surface area (Å²) in [6, 6.07) is 15.8. The van der Waals surface area contributed by atoms with E-state index < -0.39 is 0 Å². The van der Waals surface area contributed by atoms with Gasteiger partial charge in [0.05, 0.1) is 0 Å². The lowest BCUT2D eigenvalue weighted by molar-refractivity contribution is 0.240. The normalized spacial score (nSPS) is 10.3. The number of amides is 2. The van der Waals surface area contributed by atoms with Crippen molar-refractivity contribution in [2.24, 2.45) is 5.73 Å². The van der Waals surface area contributed by atoms with Crippen molar-refractivity contribution in [1.29, 1.82) is 0 Å². The number of urea groups is 1. The van der Waals surface area contributed by atoms with E-state index in [0.29, 0.717) is 19.6 Å². The standard InChI is InChI=1S/C17H20BrN3O/c18-16-6-4-13(5-7-16)8-9-20-17(22)21-12-15-3-1-2-14(10-15)11-19/h1-7,10H,8-9,11-12,19H2,(H2,20,21,22). The molecule has 4 nitrogen and oxygen atoms in total. The van der Waals surface area contributed by atoms with Gasteiger partial charge >= 0.3 is 6.03 Å². The van der Waals surface area contributed by atoms with Gasteiger partial charge < -0.3 is 16.4 Å². The van der Waals surface area contributed by atoms with Gasteiger partial charge in [0, 0.05) is 24.1 Å². The minimum atomic E-state index is -0.157. The molecular formula is C17H20BrN3O. The first-order valence-corrected chi connectivity index (χ1v) is 8.00. The SMILES string of the molecule is NCc1cccc(CNC(=O)NCCc2ccc(Br)cc2)c1. The Kier molecular flexibility index (Phi) is 6.43. The summed E-state index contributed by atoms with van der Waals surface area (Å²) in [7, 11) is 0. The van der Waals surface area contributed by atoms with Gasteiger partial charge in [-0.1, -0.05) is 52.3 Å². The molecule has 0 unspecified atom stereocenters. The molecule has 0 aromatic heterocycles. The van der Waals surface area contributed by atoms with Crippen LogP contribution >= 0.6 is 15.9 Å². The van der Waals surface area contributed by atoms with Gasteiger partial charge in [-0.2, -0.15) is 0 Å². The van der Waals surface area contributed by atoms with Crippen molar-refractivity contribution in [3.8, 4) is 0 Å². The zero-order valence-corrected chi connectivity index (χ0v) is 13.9. The minimum Gasteiger partial charge on any atom is -0.338 e. The van der Waals surface area contributed by atoms with E-state index in [9.17, 15) is 4.79 Å². The number of carbonyl (C=O) groups excluding carboxylic acids is 1. The Hall–Kier alpha value is -1.85. The first-order valence-electron chi connectivity index (χ1n) is 7.21. The largest absolute Gasteiger partial charge is 0.338 e. The van der Waals surface area contributed by atoms with Gasteiger partial charge in [0.15, 0.2) is 0 Å². The Morgan fingerprint density at radius 3 is 2.45 bits per heavy atom. The highest BCUT2D eigenvalue weighted by molar-refractivity contribution is 9.10. The molecule has 0 aliphatic carbocycles. The van der Waals surface area contributed by atoms with Gasteiger partial charge in [-0.05, 0) is 35.2 Å². The number of hydrogen-bond donors (Lipinski definition) is 3. The molecule has 2 rings (SSSR count). The maximum Gasteiger partial charge on any atom is 0.315 e. The fourth-order valence-electron chi connectivity index (χ4n) is 2.08. The Morgan fingerprint density at radius 1 is 1.00 bits per heavy atom. The quantitative estimate of drug-likeness (QED) is 0.740. The third-order valence-corrected chi connectivity index (χ3v) is 3.82. The molecule has 0 aliphatic heterocycles. The molecule has 116 valence electrons. The van der Waals surface area contributed by atoms with E-state index in [2.05, 4.69) is 26.6 Å². The van der Waals surface area contributed by atoms with Crippen LogP contribution in [0.2, 0.25) is 0 Å². The van der Waals surface area contributed by atoms with Crippen LogP contribution in [0.25, 0.3) is 0 Å². The molecule has 0 saturated carbocycles. The van der Waals surface area contributed by atoms with Crippen LogP contribution in [0, 0.1) is 0 Å². The first kappa shape index (κ1) is 16.5. The van der Waals surface area contributed by atoms with Crippen LogP contribution in [0.5, 0.6) is 0 Å². The van der Waals surface area contributed by atoms with E-state index in [1.54, 1.807) is 0 Å². The molecule has 2 amide bonds. The lowest BCUT2D eigenvalue weighted by atomic mass is 10.1. The van der Waals surface area contributed by atoms with E-state index in [4.69, 9.17) is 5.73 Å². The number of nitrogens with two attached hydrogens (primary N) is 1. The molecule has 2 aromatic rings. The van der Waals surface area contributed by atoms with Crippen molar-refractivity contribution in [3.05, 3.63) is 69.7 Å². The molecule has 0 heterocycles. The summed E-state index contributed by atoms with van der Waals surface area (Å²) in [6.45, 7) is 1.61. The van der Waals surface area contributed by atoms with Gasteiger partial charge in [-0.3, -0.25) is 0 Å². The summed E-state index contributed by atoms with van der Waals surface area (Å²) in [5.74, 6) is 0. The van der Waals surface area contributed by atoms with Crippen molar-refractivity contribution in [1.82, 2.24) is 10.6 Å². The van der Waals surface area contributed by atoms with E-state index in [-0.39, 0.29) is 6.03 Å². The van der Waals surface area contributed by atoms with Crippen LogP contribution in [0.4, 0.5) is 4.79 Å². The fraction of sp³-hybridized carbons (Fsp3) is 0.235. The smallest absolute Gasteiger partial charge is 0.315 e. The number of rotatable bonds is 6. The van der Waals surface area contributed by atoms with Gasteiger partial charge in [-0.15, -0.1) is 0 Å². The van der Waals surface area contributed by atoms with Crippen molar-refractivity contribution in [2.75, 3.05) is 6.54 Å². The monoisotopic (exact) mass is 361 g/mol. The number of nitrogens with one attached hydrogen (secondary N) is 2. The predicted molar refractivity (Wildman–Crippen MR) is 92.4 cm³/mol. The zero-order chi connectivity index (χ0) is 15.8. The molecule has 4 N–H and O–H groups in total. The predicted octanol–water partition coefficient (Wildman–Crippen LogP) is 2.95. The fourth-order valence-corrected chi connectivity index (χ4v) is 2.35. The molecule has 0 aliphatic rings. The van der Waals surface area contributed by atoms with Crippen LogP contribution in [-0.4, -0.2) is 12.6 Å². The van der Waals surface area contributed by atoms with Gasteiger partial charge in [0.1, 0.15) is 0 Å². The molecule has 0 saturated heterocycles. The van der Waals surface area contributed by atoms with Crippen LogP contribution in [-0.2, 0) is 19.5 Å². The zero-order valence-electron chi connectivity index (χ0n) is 12.3. The lowest BCUT2D eigenvalue weighted by Gasteiger charge is -2.08. The first-order chi connectivity index (χ1) is 10.7. The lowest BCUT2D eigenvalue weighted by Crippen LogP contribution is -2.36. The Balaban J connectivity index is 1.70. The summed E-state index contributed by atoms with van der Waals surface area (Å²) >= 11 is 3.40. The highest BCUT2D eigenvalue weighted by Gasteiger charge is 2.01. The van der Waals surface area contributed by atoms with E-state index >= 15 is 0 Å². The summed E-state index contributed by atoms with van der Waals surface area (Å²) < 4.78 is 1.06. The van der Waals surface area contributed by atoms with Crippen LogP contribution < -0.4 is 16.4 Å². The summed E-state index contributed by atoms with van der Waals surface area (Å²) in [4.78, 5) is 11.8. The third kappa shape index (κ3) is 5.50. The van der Waals surface area contributed by atoms with E-state index in [1.807, 2.05) is 48.5 Å². The Morgan fingerprint density at radius 2 is 1.73 bits per heavy atom. The number of hydrogen-bond acceptors (Lipinski definition) is 2. The van der Waals surface area contributed by atoms with Crippen molar-refractivity contribution in [3.63, 3.8) is 0 Å². The number of halogens is 1. The average Bonchev–Trinajstić information content (AvgIpc) is 2.55. The maximum atomic E-state index is 11.8. The third-order valence-electron chi connectivity index (χ3n) is 3.29. The molecule has 0 atom stereocenters. The van der Waals surface area contributed by atoms with E-state index in [1.165, 1.54) is 5.56 Å². The van der Waals surface area contributed by atoms with Gasteiger partial charge in [0.2, 0.25) is 0 Å². The van der Waals surface area contributed by atoms with E-state index in [0.717, 1.165) is 22.0 Å². The average molecular weight is 362 g/mol. The second-order valence-electron chi connectivity index (χ2n) is 5.01. The van der Waals surface area contributed by atoms with Crippen LogP contribution in [0.1, 0.15) is 16.7 Å². The molecule has 0 fully saturated rings. The second kappa shape index (κ2) is 8.56. The number of benzene rings is 2. The van der Waals surface area contributed by atoms with Crippen molar-refractivity contribution >= 4 is 22.0 Å². The Bertz CT molecular complexity index is 614. The molecule has 22 heavy (non-hydrogen) atoms. The van der Waals surface area contributed by atoms with Crippen molar-refractivity contribution < 1.29 is 4.79 Å². The van der Waals surface area contributed by atoms with Crippen LogP contribution in [0.3, 0.4) is 0 Å². The summed E-state index contributed by atoms with van der Waals surface area (Å²) in [5.41, 5.74) is 8.91. The molecule has 0 radical (unpaired) electrons. The summed E-state index contributed by atoms with van der Waals surface area (Å²) in [5, 5.41) is 5.71. The van der Waals surface area contributed by atoms with Crippen molar-refractivity contribution in [2.45, 2.75) is 19.5 Å². The summed E-state index contributed by atoms with van der Waals surface area (Å²) in [6.07, 6.45) is 0.809. The number of carbonyl (C=O) groups is 1. The second-order valence-corrected chi connectivity index (χ2v) is 5.93. The highest BCUT2D eigenvalue weighted by Crippen LogP contribution is 2.10. The maximum absolute atomic E-state index is 11.8. The van der Waals surface area contributed by atoms with Gasteiger partial charge in [0.25, 0.3) is 0 Å². The van der Waals surface area contributed by atoms with Crippen LogP contribution in [0.15, 0.2) is 53.0 Å². The minimum absolute atomic E-state index is 0.157. The molecule has 5 heteroatoms. The topological polar surface area (TPSA) is 67.1 Å².